The van der Waals surface area contributed by atoms with Crippen LogP contribution in [0.15, 0.2) is 274 Å². The maximum absolute atomic E-state index is 5.36. The third-order valence-electron chi connectivity index (χ3n) is 11.2. The molecule has 0 aliphatic rings. The molecule has 0 aliphatic heterocycles. The molecule has 0 saturated carbocycles. The Kier molecular flexibility index (Phi) is 10.5. The Bertz CT molecular complexity index is 2720. The Morgan fingerprint density at radius 2 is 0.459 bits per heavy atom. The third kappa shape index (κ3) is 7.60. The summed E-state index contributed by atoms with van der Waals surface area (Å²) in [5, 5.41) is 0. The quantitative estimate of drug-likeness (QED) is 0.138. The molecule has 290 valence electrons. The van der Waals surface area contributed by atoms with Crippen LogP contribution in [0, 0.1) is 0 Å². The predicted molar refractivity (Wildman–Crippen MR) is 255 cm³/mol. The van der Waals surface area contributed by atoms with Gasteiger partial charge in [0.2, 0.25) is 0 Å². The number of nitrogens with zero attached hydrogens (tertiary/aromatic N) is 2. The van der Waals surface area contributed by atoms with E-state index in [1.165, 1.54) is 19.6 Å². The van der Waals surface area contributed by atoms with Gasteiger partial charge in [0.05, 0.1) is 22.8 Å². The minimum absolute atomic E-state index is 0.931. The number of rotatable bonds is 10. The first-order valence-electron chi connectivity index (χ1n) is 20.6. The van der Waals surface area contributed by atoms with Crippen LogP contribution >= 0.6 is 10.0 Å². The summed E-state index contributed by atoms with van der Waals surface area (Å²) in [6.07, 6.45) is 0. The molecule has 2 aromatic heterocycles. The molecule has 0 atom stereocenters. The van der Waals surface area contributed by atoms with Gasteiger partial charge in [-0.2, -0.15) is 0 Å². The molecule has 0 radical (unpaired) electrons. The van der Waals surface area contributed by atoms with Crippen LogP contribution in [-0.4, -0.2) is 9.97 Å². The van der Waals surface area contributed by atoms with E-state index in [-0.39, 0.29) is 0 Å². The molecule has 0 N–H and O–H groups in total. The van der Waals surface area contributed by atoms with Crippen LogP contribution < -0.4 is 0 Å². The van der Waals surface area contributed by atoms with Crippen molar-refractivity contribution in [1.82, 2.24) is 9.97 Å². The molecule has 8 aromatic carbocycles. The van der Waals surface area contributed by atoms with Gasteiger partial charge in [0.25, 0.3) is 0 Å². The van der Waals surface area contributed by atoms with E-state index in [4.69, 9.17) is 9.97 Å². The topological polar surface area (TPSA) is 25.8 Å². The van der Waals surface area contributed by atoms with Crippen molar-refractivity contribution >= 4 is 10.0 Å². The third-order valence-corrected chi connectivity index (χ3v) is 15.0. The molecule has 0 saturated heterocycles. The second-order valence-corrected chi connectivity index (χ2v) is 18.1. The second kappa shape index (κ2) is 16.9. The van der Waals surface area contributed by atoms with Crippen LogP contribution in [-0.2, 0) is 0 Å². The summed E-state index contributed by atoms with van der Waals surface area (Å²) in [7, 11) is -2.08. The molecule has 0 bridgehead atoms. The Hall–Kier alpha value is -7.59. The lowest BCUT2D eigenvalue weighted by molar-refractivity contribution is 1.23. The number of hydrogen-bond donors (Lipinski definition) is 0. The Balaban J connectivity index is 1.20. The van der Waals surface area contributed by atoms with Crippen molar-refractivity contribution in [2.75, 3.05) is 0 Å². The van der Waals surface area contributed by atoms with Gasteiger partial charge in [-0.15, -0.1) is 10.0 Å². The first-order valence-corrected chi connectivity index (χ1v) is 22.3. The first kappa shape index (κ1) is 37.7. The van der Waals surface area contributed by atoms with Gasteiger partial charge in [-0.1, -0.05) is 182 Å². The van der Waals surface area contributed by atoms with Crippen LogP contribution in [0.1, 0.15) is 0 Å². The molecule has 0 unspecified atom stereocenters. The Morgan fingerprint density at radius 1 is 0.197 bits per heavy atom. The highest BCUT2D eigenvalue weighted by atomic mass is 32.3. The Labute approximate surface area is 359 Å². The molecule has 0 fully saturated rings. The lowest BCUT2D eigenvalue weighted by atomic mass is 10.00. The van der Waals surface area contributed by atoms with Gasteiger partial charge < -0.3 is 0 Å². The van der Waals surface area contributed by atoms with Gasteiger partial charge in [-0.05, 0) is 95.1 Å². The summed E-state index contributed by atoms with van der Waals surface area (Å²) >= 11 is 0. The Morgan fingerprint density at radius 3 is 0.803 bits per heavy atom. The zero-order chi connectivity index (χ0) is 40.9. The summed E-state index contributed by atoms with van der Waals surface area (Å²) in [5.41, 5.74) is 12.6. The summed E-state index contributed by atoms with van der Waals surface area (Å²) in [6.45, 7) is 0. The SMILES string of the molecule is c1ccc(-c2cc(-c3ccccc3)nc(-c3cccc(S(c4ccccc4)(c4ccccc4)c4cccc(-c5cc(-c6ccccc6)cc(-c6ccccc6)n5)c4)c3)c2)cc1. The fourth-order valence-corrected chi connectivity index (χ4v) is 12.2. The highest BCUT2D eigenvalue weighted by Gasteiger charge is 2.34. The van der Waals surface area contributed by atoms with Gasteiger partial charge in [0.1, 0.15) is 0 Å². The van der Waals surface area contributed by atoms with Crippen LogP contribution in [0.25, 0.3) is 67.3 Å². The van der Waals surface area contributed by atoms with Crippen molar-refractivity contribution in [1.29, 1.82) is 0 Å². The average Bonchev–Trinajstić information content (AvgIpc) is 3.36. The van der Waals surface area contributed by atoms with E-state index in [1.807, 2.05) is 0 Å². The molecule has 0 aliphatic carbocycles. The summed E-state index contributed by atoms with van der Waals surface area (Å²) in [6, 6.07) is 91.3. The van der Waals surface area contributed by atoms with E-state index in [9.17, 15) is 0 Å². The van der Waals surface area contributed by atoms with Gasteiger partial charge in [0, 0.05) is 41.8 Å². The van der Waals surface area contributed by atoms with Crippen LogP contribution in [0.4, 0.5) is 0 Å². The lowest BCUT2D eigenvalue weighted by Crippen LogP contribution is -2.06. The van der Waals surface area contributed by atoms with E-state index >= 15 is 0 Å². The van der Waals surface area contributed by atoms with Crippen LogP contribution in [0.3, 0.4) is 0 Å². The van der Waals surface area contributed by atoms with Gasteiger partial charge >= 0.3 is 0 Å². The molecule has 2 heterocycles. The van der Waals surface area contributed by atoms with Crippen molar-refractivity contribution in [3.63, 3.8) is 0 Å². The maximum atomic E-state index is 5.36. The fraction of sp³-hybridized carbons (Fsp3) is 0. The average molecular weight is 799 g/mol. The molecule has 3 heteroatoms. The minimum Gasteiger partial charge on any atom is -0.248 e. The van der Waals surface area contributed by atoms with E-state index < -0.39 is 10.0 Å². The van der Waals surface area contributed by atoms with Crippen LogP contribution in [0.2, 0.25) is 0 Å². The normalized spacial score (nSPS) is 11.5. The lowest BCUT2D eigenvalue weighted by Gasteiger charge is -2.42. The first-order chi connectivity index (χ1) is 30.2. The monoisotopic (exact) mass is 798 g/mol. The van der Waals surface area contributed by atoms with Crippen molar-refractivity contribution in [3.05, 3.63) is 255 Å². The molecular formula is C58H42N2S. The van der Waals surface area contributed by atoms with E-state index in [0.717, 1.165) is 67.3 Å². The standard InChI is InChI=1S/C58H42N2S/c1-7-21-43(22-8-1)49-39-55(45-25-11-3-12-26-45)59-57(41-49)47-29-19-35-53(37-47)61(51-31-15-5-16-32-51,52-33-17-6-18-34-52)54-36-20-30-48(38-54)58-42-50(44-23-9-2-10-24-44)40-56(60-58)46-27-13-4-14-28-46/h1-42H. The van der Waals surface area contributed by atoms with Crippen LogP contribution in [0.5, 0.6) is 0 Å². The highest BCUT2D eigenvalue weighted by molar-refractivity contribution is 8.34. The zero-order valence-corrected chi connectivity index (χ0v) is 34.4. The molecular weight excluding hydrogens is 757 g/mol. The van der Waals surface area contributed by atoms with E-state index in [2.05, 4.69) is 255 Å². The van der Waals surface area contributed by atoms with E-state index in [1.54, 1.807) is 0 Å². The number of benzene rings is 8. The van der Waals surface area contributed by atoms with Crippen molar-refractivity contribution < 1.29 is 0 Å². The largest absolute Gasteiger partial charge is 0.248 e. The predicted octanol–water partition coefficient (Wildman–Crippen LogP) is 15.8. The van der Waals surface area contributed by atoms with Gasteiger partial charge in [-0.25, -0.2) is 9.97 Å². The maximum Gasteiger partial charge on any atom is 0.0716 e. The minimum atomic E-state index is -2.08. The molecule has 0 amide bonds. The smallest absolute Gasteiger partial charge is 0.0716 e. The molecule has 61 heavy (non-hydrogen) atoms. The second-order valence-electron chi connectivity index (χ2n) is 15.0. The summed E-state index contributed by atoms with van der Waals surface area (Å²) in [5.74, 6) is 0. The number of hydrogen-bond acceptors (Lipinski definition) is 2. The highest BCUT2D eigenvalue weighted by Crippen LogP contribution is 2.73. The van der Waals surface area contributed by atoms with Crippen molar-refractivity contribution in [3.8, 4) is 67.3 Å². The summed E-state index contributed by atoms with van der Waals surface area (Å²) < 4.78 is 0. The molecule has 10 aromatic rings. The number of pyridine rings is 2. The molecule has 10 rings (SSSR count). The van der Waals surface area contributed by atoms with Crippen molar-refractivity contribution in [2.45, 2.75) is 19.6 Å². The van der Waals surface area contributed by atoms with Gasteiger partial charge in [-0.3, -0.25) is 0 Å². The zero-order valence-electron chi connectivity index (χ0n) is 33.6. The number of aromatic nitrogens is 2. The van der Waals surface area contributed by atoms with E-state index in [0.29, 0.717) is 0 Å². The van der Waals surface area contributed by atoms with Crippen molar-refractivity contribution in [2.24, 2.45) is 0 Å². The summed E-state index contributed by atoms with van der Waals surface area (Å²) in [4.78, 5) is 15.7. The fourth-order valence-electron chi connectivity index (χ4n) is 8.22. The molecule has 2 nitrogen and oxygen atoms in total. The van der Waals surface area contributed by atoms with Gasteiger partial charge in [0.15, 0.2) is 0 Å². The molecule has 0 spiro atoms.